The second-order valence-corrected chi connectivity index (χ2v) is 7.44. The number of benzene rings is 1. The average molecular weight is 440 g/mol. The van der Waals surface area contributed by atoms with Crippen molar-refractivity contribution in [1.82, 2.24) is 20.6 Å². The molecule has 1 aromatic carbocycles. The van der Waals surface area contributed by atoms with E-state index in [1.807, 2.05) is 31.0 Å². The Bertz CT molecular complexity index is 978. The van der Waals surface area contributed by atoms with Crippen LogP contribution in [-0.4, -0.2) is 60.6 Å². The number of hydrogen-bond donors (Lipinski definition) is 4. The summed E-state index contributed by atoms with van der Waals surface area (Å²) < 4.78 is 10.9. The van der Waals surface area contributed by atoms with Gasteiger partial charge in [0.1, 0.15) is 17.6 Å². The second-order valence-electron chi connectivity index (χ2n) is 7.44. The summed E-state index contributed by atoms with van der Waals surface area (Å²) in [5, 5.41) is 22.2. The van der Waals surface area contributed by atoms with Crippen LogP contribution in [0, 0.1) is 17.7 Å². The van der Waals surface area contributed by atoms with Crippen molar-refractivity contribution in [2.75, 3.05) is 31.6 Å². The summed E-state index contributed by atoms with van der Waals surface area (Å²) in [5.41, 5.74) is 2.47. The molecule has 1 aliphatic heterocycles. The van der Waals surface area contributed by atoms with E-state index in [1.165, 1.54) is 0 Å². The Hall–Kier alpha value is -3.53. The molecular weight excluding hydrogens is 410 g/mol. The molecule has 2 heterocycles. The van der Waals surface area contributed by atoms with Crippen LogP contribution in [0.3, 0.4) is 0 Å². The van der Waals surface area contributed by atoms with Gasteiger partial charge in [-0.3, -0.25) is 15.8 Å². The van der Waals surface area contributed by atoms with Crippen LogP contribution in [0.15, 0.2) is 30.5 Å². The van der Waals surface area contributed by atoms with Crippen molar-refractivity contribution in [3.05, 3.63) is 53.0 Å². The number of aromatic nitrogens is 2. The van der Waals surface area contributed by atoms with E-state index in [1.54, 1.807) is 25.3 Å². The first-order valence-corrected chi connectivity index (χ1v) is 10.5. The molecule has 0 spiro atoms. The molecule has 3 rings (SSSR count). The molecule has 1 amide bonds. The van der Waals surface area contributed by atoms with Gasteiger partial charge in [0.05, 0.1) is 18.4 Å². The predicted molar refractivity (Wildman–Crippen MR) is 121 cm³/mol. The topological polar surface area (TPSA) is 136 Å². The van der Waals surface area contributed by atoms with Gasteiger partial charge < -0.3 is 25.0 Å². The van der Waals surface area contributed by atoms with Crippen molar-refractivity contribution < 1.29 is 14.3 Å². The van der Waals surface area contributed by atoms with Gasteiger partial charge in [-0.2, -0.15) is 0 Å². The maximum Gasteiger partial charge on any atom is 0.407 e. The molecule has 1 atom stereocenters. The molecule has 0 saturated carbocycles. The summed E-state index contributed by atoms with van der Waals surface area (Å²) in [4.78, 5) is 22.5. The number of nitrogens with zero attached hydrogens (tertiary/aromatic N) is 3. The Kier molecular flexibility index (Phi) is 7.72. The number of ether oxygens (including phenoxy) is 2. The summed E-state index contributed by atoms with van der Waals surface area (Å²) in [7, 11) is 1.87. The van der Waals surface area contributed by atoms with E-state index < -0.39 is 6.09 Å². The molecule has 1 aliphatic rings. The highest BCUT2D eigenvalue weighted by atomic mass is 16.6. The van der Waals surface area contributed by atoms with E-state index in [0.29, 0.717) is 43.1 Å². The van der Waals surface area contributed by atoms with Gasteiger partial charge in [-0.15, -0.1) is 0 Å². The third-order valence-electron chi connectivity index (χ3n) is 5.02. The van der Waals surface area contributed by atoms with Crippen molar-refractivity contribution in [2.45, 2.75) is 32.9 Å². The van der Waals surface area contributed by atoms with Gasteiger partial charge in [-0.05, 0) is 38.6 Å². The summed E-state index contributed by atoms with van der Waals surface area (Å²) >= 11 is 0. The van der Waals surface area contributed by atoms with E-state index >= 15 is 0 Å². The van der Waals surface area contributed by atoms with E-state index in [2.05, 4.69) is 20.6 Å². The van der Waals surface area contributed by atoms with Gasteiger partial charge in [0.25, 0.3) is 0 Å². The Labute approximate surface area is 187 Å². The third-order valence-corrected chi connectivity index (χ3v) is 5.02. The van der Waals surface area contributed by atoms with Gasteiger partial charge in [-0.1, -0.05) is 12.1 Å². The van der Waals surface area contributed by atoms with Crippen LogP contribution in [0.5, 0.6) is 0 Å². The number of carbonyl (C=O) groups is 1. The number of hydrogen-bond acceptors (Lipinski definition) is 9. The molecule has 1 saturated heterocycles. The Balaban J connectivity index is 1.65. The number of nitrogens with one attached hydrogen (secondary N) is 4. The minimum atomic E-state index is -0.428. The van der Waals surface area contributed by atoms with Gasteiger partial charge >= 0.3 is 6.09 Å². The fraction of sp³-hybridized carbons (Fsp3) is 0.409. The van der Waals surface area contributed by atoms with Gasteiger partial charge in [0.2, 0.25) is 11.8 Å². The van der Waals surface area contributed by atoms with Crippen LogP contribution in [0.25, 0.3) is 0 Å². The molecule has 0 radical (unpaired) electrons. The summed E-state index contributed by atoms with van der Waals surface area (Å²) in [5.74, 6) is 0.202. The lowest BCUT2D eigenvalue weighted by atomic mass is 10.1. The van der Waals surface area contributed by atoms with Gasteiger partial charge in [0.15, 0.2) is 0 Å². The quantitative estimate of drug-likeness (QED) is 0.383. The molecule has 0 aliphatic carbocycles. The normalized spacial score (nSPS) is 15.3. The number of rotatable bonds is 7. The number of carbonyl (C=O) groups excluding carboxylic acids is 1. The fourth-order valence-corrected chi connectivity index (χ4v) is 3.36. The number of alkyl carbamates (subject to hydrolysis) is 1. The van der Waals surface area contributed by atoms with Crippen LogP contribution in [0.1, 0.15) is 35.9 Å². The molecule has 10 heteroatoms. The molecular formula is C22H29N7O3. The van der Waals surface area contributed by atoms with Crippen molar-refractivity contribution in [1.29, 1.82) is 10.8 Å². The first kappa shape index (κ1) is 23.1. The second kappa shape index (κ2) is 10.7. The maximum atomic E-state index is 11.7. The van der Waals surface area contributed by atoms with E-state index in [9.17, 15) is 4.79 Å². The van der Waals surface area contributed by atoms with Crippen LogP contribution in [-0.2, 0) is 16.0 Å². The first-order chi connectivity index (χ1) is 15.4. The fourth-order valence-electron chi connectivity index (χ4n) is 3.36. The van der Waals surface area contributed by atoms with E-state index in [-0.39, 0.29) is 23.6 Å². The average Bonchev–Trinajstić information content (AvgIpc) is 3.23. The minimum Gasteiger partial charge on any atom is -0.444 e. The highest BCUT2D eigenvalue weighted by Gasteiger charge is 2.27. The van der Waals surface area contributed by atoms with Crippen molar-refractivity contribution in [3.63, 3.8) is 0 Å². The van der Waals surface area contributed by atoms with E-state index in [0.717, 1.165) is 12.1 Å². The van der Waals surface area contributed by atoms with Crippen LogP contribution in [0.2, 0.25) is 0 Å². The summed E-state index contributed by atoms with van der Waals surface area (Å²) in [6.45, 7) is 5.98. The maximum absolute atomic E-state index is 11.7. The lowest BCUT2D eigenvalue weighted by Crippen LogP contribution is -2.31. The molecule has 0 bridgehead atoms. The highest BCUT2D eigenvalue weighted by molar-refractivity contribution is 6.04. The molecule has 2 aromatic rings. The lowest BCUT2D eigenvalue weighted by molar-refractivity contribution is 0.108. The lowest BCUT2D eigenvalue weighted by Gasteiger charge is -2.19. The predicted octanol–water partition coefficient (Wildman–Crippen LogP) is 2.20. The van der Waals surface area contributed by atoms with Gasteiger partial charge in [-0.25, -0.2) is 9.78 Å². The van der Waals surface area contributed by atoms with E-state index in [4.69, 9.17) is 20.3 Å². The minimum absolute atomic E-state index is 0.130. The molecule has 4 N–H and O–H groups in total. The number of amides is 1. The van der Waals surface area contributed by atoms with Crippen molar-refractivity contribution >= 4 is 23.7 Å². The zero-order valence-corrected chi connectivity index (χ0v) is 18.6. The smallest absolute Gasteiger partial charge is 0.407 e. The Morgan fingerprint density at radius 1 is 1.25 bits per heavy atom. The molecule has 170 valence electrons. The zero-order chi connectivity index (χ0) is 23.1. The zero-order valence-electron chi connectivity index (χ0n) is 18.6. The van der Waals surface area contributed by atoms with Gasteiger partial charge in [0, 0.05) is 31.6 Å². The van der Waals surface area contributed by atoms with Crippen molar-refractivity contribution in [2.24, 2.45) is 0 Å². The molecule has 32 heavy (non-hydrogen) atoms. The summed E-state index contributed by atoms with van der Waals surface area (Å²) in [6.07, 6.45) is 1.65. The summed E-state index contributed by atoms with van der Waals surface area (Å²) in [6, 6.07) is 7.39. The molecule has 1 fully saturated rings. The Morgan fingerprint density at radius 2 is 2.00 bits per heavy atom. The largest absolute Gasteiger partial charge is 0.444 e. The first-order valence-electron chi connectivity index (χ1n) is 10.5. The molecule has 0 unspecified atom stereocenters. The monoisotopic (exact) mass is 439 g/mol. The van der Waals surface area contributed by atoms with Crippen LogP contribution >= 0.6 is 0 Å². The van der Waals surface area contributed by atoms with Crippen molar-refractivity contribution in [3.8, 4) is 0 Å². The standard InChI is InChI=1S/C22H29N7O3/c1-4-26-22(30)31-17-9-10-29(13-17)18-12-27-14(2)19(28-18)21(24)32-20(23)16-7-5-15(6-8-16)11-25-3/h5-8,12,17,23-25H,4,9-11,13H2,1-3H3,(H,26,30)/t17-/m1/s1. The van der Waals surface area contributed by atoms with Crippen LogP contribution in [0.4, 0.5) is 10.6 Å². The SMILES string of the molecule is CCNC(=O)O[C@@H]1CCN(c2cnc(C)c(C(=N)OC(=N)c3ccc(CNC)cc3)n2)C1. The molecule has 1 aromatic heterocycles. The Morgan fingerprint density at radius 3 is 2.69 bits per heavy atom. The number of anilines is 1. The van der Waals surface area contributed by atoms with Crippen LogP contribution < -0.4 is 15.5 Å². The highest BCUT2D eigenvalue weighted by Crippen LogP contribution is 2.21. The number of aryl methyl sites for hydroxylation is 1. The molecule has 10 nitrogen and oxygen atoms in total. The third kappa shape index (κ3) is 5.79.